The Balaban J connectivity index is 1.43. The Morgan fingerprint density at radius 1 is 1.08 bits per heavy atom. The number of benzene rings is 2. The van der Waals surface area contributed by atoms with Crippen LogP contribution in [0.4, 0.5) is 9.52 Å². The highest BCUT2D eigenvalue weighted by Gasteiger charge is 2.06. The van der Waals surface area contributed by atoms with Gasteiger partial charge in [-0.1, -0.05) is 30.3 Å². The number of halogens is 1. The topological polar surface area (TPSA) is 54.0 Å². The second-order valence-electron chi connectivity index (χ2n) is 5.48. The average molecular weight is 355 g/mol. The first kappa shape index (κ1) is 17.1. The molecule has 0 fully saturated rings. The molecule has 2 N–H and O–H groups in total. The average Bonchev–Trinajstić information content (AvgIpc) is 3.10. The maximum Gasteiger partial charge on any atom is 0.222 e. The van der Waals surface area contributed by atoms with Crippen LogP contribution in [0.2, 0.25) is 0 Å². The molecule has 0 spiro atoms. The van der Waals surface area contributed by atoms with Gasteiger partial charge in [0.2, 0.25) is 5.91 Å². The van der Waals surface area contributed by atoms with E-state index in [1.807, 2.05) is 35.7 Å². The van der Waals surface area contributed by atoms with Crippen LogP contribution in [0.25, 0.3) is 11.3 Å². The number of thiazole rings is 1. The van der Waals surface area contributed by atoms with Crippen LogP contribution in [0.3, 0.4) is 0 Å². The summed E-state index contributed by atoms with van der Waals surface area (Å²) in [5, 5.41) is 8.69. The van der Waals surface area contributed by atoms with Gasteiger partial charge in [-0.25, -0.2) is 9.37 Å². The van der Waals surface area contributed by atoms with E-state index in [4.69, 9.17) is 0 Å². The number of carbonyl (C=O) groups excluding carboxylic acids is 1. The maximum atomic E-state index is 13.0. The van der Waals surface area contributed by atoms with Crippen molar-refractivity contribution >= 4 is 22.4 Å². The minimum Gasteiger partial charge on any atom is -0.361 e. The van der Waals surface area contributed by atoms with Crippen molar-refractivity contribution in [1.29, 1.82) is 0 Å². The molecule has 4 nitrogen and oxygen atoms in total. The molecular weight excluding hydrogens is 337 g/mol. The lowest BCUT2D eigenvalue weighted by Crippen LogP contribution is -2.24. The van der Waals surface area contributed by atoms with Crippen molar-refractivity contribution in [2.45, 2.75) is 13.0 Å². The van der Waals surface area contributed by atoms with Gasteiger partial charge in [-0.15, -0.1) is 11.3 Å². The summed E-state index contributed by atoms with van der Waals surface area (Å²) >= 11 is 1.46. The van der Waals surface area contributed by atoms with Gasteiger partial charge in [0.25, 0.3) is 0 Å². The molecule has 1 aromatic heterocycles. The summed E-state index contributed by atoms with van der Waals surface area (Å²) in [6.45, 7) is 1.04. The molecule has 6 heteroatoms. The van der Waals surface area contributed by atoms with E-state index in [0.29, 0.717) is 19.5 Å². The molecule has 128 valence electrons. The summed E-state index contributed by atoms with van der Waals surface area (Å²) in [5.74, 6) is -0.273. The molecule has 0 bridgehead atoms. The summed E-state index contributed by atoms with van der Waals surface area (Å²) in [6, 6.07) is 16.0. The monoisotopic (exact) mass is 355 g/mol. The Morgan fingerprint density at radius 3 is 2.60 bits per heavy atom. The fourth-order valence-corrected chi connectivity index (χ4v) is 3.02. The molecule has 3 rings (SSSR count). The van der Waals surface area contributed by atoms with Crippen molar-refractivity contribution < 1.29 is 9.18 Å². The van der Waals surface area contributed by atoms with Crippen LogP contribution in [0.1, 0.15) is 12.0 Å². The van der Waals surface area contributed by atoms with Crippen LogP contribution in [-0.2, 0) is 11.3 Å². The highest BCUT2D eigenvalue weighted by molar-refractivity contribution is 7.14. The minimum atomic E-state index is -0.265. The Kier molecular flexibility index (Phi) is 5.74. The number of hydrogen-bond acceptors (Lipinski definition) is 4. The quantitative estimate of drug-likeness (QED) is 0.672. The van der Waals surface area contributed by atoms with Crippen molar-refractivity contribution in [1.82, 2.24) is 10.3 Å². The van der Waals surface area contributed by atoms with E-state index in [9.17, 15) is 9.18 Å². The van der Waals surface area contributed by atoms with Crippen molar-refractivity contribution in [3.05, 3.63) is 71.4 Å². The van der Waals surface area contributed by atoms with Crippen LogP contribution < -0.4 is 10.6 Å². The number of rotatable bonds is 7. The molecule has 0 aliphatic carbocycles. The predicted octanol–water partition coefficient (Wildman–Crippen LogP) is 4.07. The maximum absolute atomic E-state index is 13.0. The molecule has 0 unspecified atom stereocenters. The molecular formula is C19H18FN3OS. The van der Waals surface area contributed by atoms with Gasteiger partial charge in [0.15, 0.2) is 5.13 Å². The van der Waals surface area contributed by atoms with Gasteiger partial charge in [0.1, 0.15) is 5.82 Å². The van der Waals surface area contributed by atoms with Crippen LogP contribution in [0.5, 0.6) is 0 Å². The Hall–Kier alpha value is -2.73. The van der Waals surface area contributed by atoms with E-state index >= 15 is 0 Å². The van der Waals surface area contributed by atoms with E-state index in [-0.39, 0.29) is 11.7 Å². The van der Waals surface area contributed by atoms with Crippen molar-refractivity contribution in [3.8, 4) is 11.3 Å². The second-order valence-corrected chi connectivity index (χ2v) is 6.34. The lowest BCUT2D eigenvalue weighted by atomic mass is 10.2. The van der Waals surface area contributed by atoms with Crippen LogP contribution in [-0.4, -0.2) is 17.4 Å². The van der Waals surface area contributed by atoms with E-state index < -0.39 is 0 Å². The number of amides is 1. The normalized spacial score (nSPS) is 10.4. The first-order valence-corrected chi connectivity index (χ1v) is 8.84. The number of nitrogens with one attached hydrogen (secondary N) is 2. The van der Waals surface area contributed by atoms with E-state index in [2.05, 4.69) is 15.6 Å². The van der Waals surface area contributed by atoms with Crippen LogP contribution in [0.15, 0.2) is 60.0 Å². The third-order valence-corrected chi connectivity index (χ3v) is 4.40. The number of hydrogen-bond donors (Lipinski definition) is 2. The SMILES string of the molecule is O=C(CCNc1nc(-c2ccc(F)cc2)cs1)NCc1ccccc1. The first-order valence-electron chi connectivity index (χ1n) is 7.97. The van der Waals surface area contributed by atoms with Gasteiger partial charge in [-0.2, -0.15) is 0 Å². The molecule has 0 saturated carbocycles. The number of carbonyl (C=O) groups is 1. The molecule has 0 aliphatic rings. The fraction of sp³-hybridized carbons (Fsp3) is 0.158. The summed E-state index contributed by atoms with van der Waals surface area (Å²) in [4.78, 5) is 16.3. The van der Waals surface area contributed by atoms with Gasteiger partial charge in [-0.3, -0.25) is 4.79 Å². The zero-order valence-corrected chi connectivity index (χ0v) is 14.4. The van der Waals surface area contributed by atoms with Gasteiger partial charge < -0.3 is 10.6 Å². The Morgan fingerprint density at radius 2 is 1.84 bits per heavy atom. The second kappa shape index (κ2) is 8.39. The zero-order chi connectivity index (χ0) is 17.5. The van der Waals surface area contributed by atoms with Gasteiger partial charge in [0.05, 0.1) is 5.69 Å². The van der Waals surface area contributed by atoms with Gasteiger partial charge >= 0.3 is 0 Å². The predicted molar refractivity (Wildman–Crippen MR) is 98.9 cm³/mol. The molecule has 1 amide bonds. The third kappa shape index (κ3) is 5.12. The molecule has 25 heavy (non-hydrogen) atoms. The summed E-state index contributed by atoms with van der Waals surface area (Å²) in [6.07, 6.45) is 0.373. The largest absolute Gasteiger partial charge is 0.361 e. The molecule has 3 aromatic rings. The summed E-state index contributed by atoms with van der Waals surface area (Å²) < 4.78 is 13.0. The van der Waals surface area contributed by atoms with Gasteiger partial charge in [0, 0.05) is 30.5 Å². The van der Waals surface area contributed by atoms with Gasteiger partial charge in [-0.05, 0) is 29.8 Å². The van der Waals surface area contributed by atoms with Crippen molar-refractivity contribution in [2.24, 2.45) is 0 Å². The molecule has 0 radical (unpaired) electrons. The number of nitrogens with zero attached hydrogens (tertiary/aromatic N) is 1. The van der Waals surface area contributed by atoms with Crippen LogP contribution in [0, 0.1) is 5.82 Å². The smallest absolute Gasteiger partial charge is 0.222 e. The number of anilines is 1. The zero-order valence-electron chi connectivity index (χ0n) is 13.5. The summed E-state index contributed by atoms with van der Waals surface area (Å²) in [7, 11) is 0. The lowest BCUT2D eigenvalue weighted by Gasteiger charge is -2.06. The molecule has 0 saturated heterocycles. The lowest BCUT2D eigenvalue weighted by molar-refractivity contribution is -0.121. The van der Waals surface area contributed by atoms with Crippen LogP contribution >= 0.6 is 11.3 Å². The minimum absolute atomic E-state index is 0.00772. The molecule has 0 atom stereocenters. The molecule has 1 heterocycles. The highest BCUT2D eigenvalue weighted by Crippen LogP contribution is 2.24. The Bertz CT molecular complexity index is 818. The summed E-state index contributed by atoms with van der Waals surface area (Å²) in [5.41, 5.74) is 2.74. The third-order valence-electron chi connectivity index (χ3n) is 3.60. The Labute approximate surface area is 149 Å². The highest BCUT2D eigenvalue weighted by atomic mass is 32.1. The molecule has 2 aromatic carbocycles. The molecule has 0 aliphatic heterocycles. The van der Waals surface area contributed by atoms with E-state index in [0.717, 1.165) is 22.0 Å². The number of aromatic nitrogens is 1. The fourth-order valence-electron chi connectivity index (χ4n) is 2.28. The van der Waals surface area contributed by atoms with Crippen molar-refractivity contribution in [3.63, 3.8) is 0 Å². The standard InChI is InChI=1S/C19H18FN3OS/c20-16-8-6-15(7-9-16)17-13-25-19(23-17)21-11-10-18(24)22-12-14-4-2-1-3-5-14/h1-9,13H,10-12H2,(H,21,23)(H,22,24). The van der Waals surface area contributed by atoms with Crippen molar-refractivity contribution in [2.75, 3.05) is 11.9 Å². The first-order chi connectivity index (χ1) is 12.2. The van der Waals surface area contributed by atoms with E-state index in [1.165, 1.54) is 23.5 Å². The van der Waals surface area contributed by atoms with E-state index in [1.54, 1.807) is 12.1 Å².